The molecule has 0 spiro atoms. The molecule has 0 aliphatic rings. The lowest BCUT2D eigenvalue weighted by Gasteiger charge is -2.10. The first-order chi connectivity index (χ1) is 19.8. The molecule has 6 aromatic carbocycles. The van der Waals surface area contributed by atoms with Gasteiger partial charge in [-0.1, -0.05) is 127 Å². The second-order valence-electron chi connectivity index (χ2n) is 10.1. The van der Waals surface area contributed by atoms with Crippen LogP contribution in [0, 0.1) is 0 Å². The van der Waals surface area contributed by atoms with Gasteiger partial charge in [-0.25, -0.2) is 0 Å². The molecule has 2 heteroatoms. The molecule has 0 N–H and O–H groups in total. The van der Waals surface area contributed by atoms with Gasteiger partial charge < -0.3 is 4.42 Å². The lowest BCUT2D eigenvalue weighted by atomic mass is 9.94. The molecule has 188 valence electrons. The Labute approximate surface area is 236 Å². The van der Waals surface area contributed by atoms with Crippen LogP contribution < -0.4 is 0 Å². The van der Waals surface area contributed by atoms with E-state index < -0.39 is 0 Å². The minimum atomic E-state index is 0.916. The summed E-state index contributed by atoms with van der Waals surface area (Å²) in [6.07, 6.45) is 0. The van der Waals surface area contributed by atoms with E-state index in [1.165, 1.54) is 53.9 Å². The predicted molar refractivity (Wildman–Crippen MR) is 171 cm³/mol. The summed E-state index contributed by atoms with van der Waals surface area (Å²) in [7, 11) is 0. The molecule has 2 heterocycles. The maximum absolute atomic E-state index is 6.34. The maximum Gasteiger partial charge on any atom is 0.136 e. The minimum Gasteiger partial charge on any atom is -0.456 e. The molecular formula is C38H24OS. The van der Waals surface area contributed by atoms with Crippen LogP contribution in [0.3, 0.4) is 0 Å². The van der Waals surface area contributed by atoms with Gasteiger partial charge in [-0.2, -0.15) is 0 Å². The fourth-order valence-electron chi connectivity index (χ4n) is 5.86. The maximum atomic E-state index is 6.34. The van der Waals surface area contributed by atoms with Crippen LogP contribution in [-0.4, -0.2) is 0 Å². The monoisotopic (exact) mass is 528 g/mol. The van der Waals surface area contributed by atoms with Crippen molar-refractivity contribution in [1.82, 2.24) is 0 Å². The molecule has 0 unspecified atom stereocenters. The summed E-state index contributed by atoms with van der Waals surface area (Å²) in [5, 5.41) is 4.85. The summed E-state index contributed by atoms with van der Waals surface area (Å²) in [6.45, 7) is 0. The van der Waals surface area contributed by atoms with Crippen molar-refractivity contribution in [2.75, 3.05) is 0 Å². The van der Waals surface area contributed by atoms with Gasteiger partial charge in [0.15, 0.2) is 0 Å². The normalized spacial score (nSPS) is 11.5. The molecule has 0 saturated carbocycles. The largest absolute Gasteiger partial charge is 0.456 e. The van der Waals surface area contributed by atoms with Gasteiger partial charge in [-0.3, -0.25) is 0 Å². The zero-order chi connectivity index (χ0) is 26.5. The van der Waals surface area contributed by atoms with E-state index in [1.54, 1.807) is 0 Å². The number of rotatable bonds is 4. The highest BCUT2D eigenvalue weighted by molar-refractivity contribution is 7.21. The SMILES string of the molecule is c1ccc(-c2ccccc2-c2sc(-c3cc4c(cc3-c3ccccc3)oc3ccccc34)c3ccccc23)cc1. The first-order valence-electron chi connectivity index (χ1n) is 13.5. The average molecular weight is 529 g/mol. The molecule has 0 amide bonds. The van der Waals surface area contributed by atoms with Crippen LogP contribution in [0.15, 0.2) is 150 Å². The Morgan fingerprint density at radius 1 is 0.350 bits per heavy atom. The van der Waals surface area contributed by atoms with Crippen molar-refractivity contribution < 1.29 is 4.42 Å². The Bertz CT molecular complexity index is 2150. The summed E-state index contributed by atoms with van der Waals surface area (Å²) in [4.78, 5) is 2.57. The Kier molecular flexibility index (Phi) is 5.39. The van der Waals surface area contributed by atoms with Gasteiger partial charge >= 0.3 is 0 Å². The van der Waals surface area contributed by atoms with Crippen molar-refractivity contribution in [3.8, 4) is 43.1 Å². The van der Waals surface area contributed by atoms with Crippen LogP contribution in [-0.2, 0) is 0 Å². The van der Waals surface area contributed by atoms with Gasteiger partial charge in [0.25, 0.3) is 0 Å². The van der Waals surface area contributed by atoms with Gasteiger partial charge in [0, 0.05) is 42.4 Å². The van der Waals surface area contributed by atoms with Crippen molar-refractivity contribution in [3.05, 3.63) is 146 Å². The average Bonchev–Trinajstić information content (AvgIpc) is 3.59. The van der Waals surface area contributed by atoms with Crippen LogP contribution in [0.1, 0.15) is 0 Å². The van der Waals surface area contributed by atoms with Gasteiger partial charge in [0.05, 0.1) is 0 Å². The number of hydrogen-bond acceptors (Lipinski definition) is 2. The molecule has 8 aromatic rings. The Morgan fingerprint density at radius 2 is 0.875 bits per heavy atom. The van der Waals surface area contributed by atoms with Crippen LogP contribution in [0.2, 0.25) is 0 Å². The molecule has 0 aliphatic heterocycles. The fraction of sp³-hybridized carbons (Fsp3) is 0. The summed E-state index contributed by atoms with van der Waals surface area (Å²) in [5.74, 6) is 0. The van der Waals surface area contributed by atoms with Gasteiger partial charge in [-0.15, -0.1) is 11.3 Å². The highest BCUT2D eigenvalue weighted by atomic mass is 32.1. The third kappa shape index (κ3) is 3.69. The van der Waals surface area contributed by atoms with E-state index in [-0.39, 0.29) is 0 Å². The Hall–Kier alpha value is -4.92. The third-order valence-electron chi connectivity index (χ3n) is 7.72. The first kappa shape index (κ1) is 23.0. The second kappa shape index (κ2) is 9.37. The number of thiophene rings is 1. The second-order valence-corrected chi connectivity index (χ2v) is 11.1. The summed E-state index contributed by atoms with van der Waals surface area (Å²) < 4.78 is 6.34. The summed E-state index contributed by atoms with van der Waals surface area (Å²) >= 11 is 1.88. The Balaban J connectivity index is 1.45. The molecule has 8 rings (SSSR count). The molecule has 1 nitrogen and oxygen atoms in total. The highest BCUT2D eigenvalue weighted by Gasteiger charge is 2.21. The molecule has 2 aromatic heterocycles. The summed E-state index contributed by atoms with van der Waals surface area (Å²) in [5.41, 5.74) is 9.17. The van der Waals surface area contributed by atoms with Gasteiger partial charge in [-0.05, 0) is 40.5 Å². The van der Waals surface area contributed by atoms with E-state index in [0.29, 0.717) is 0 Å². The molecule has 0 radical (unpaired) electrons. The molecule has 0 bridgehead atoms. The first-order valence-corrected chi connectivity index (χ1v) is 14.3. The zero-order valence-corrected chi connectivity index (χ0v) is 22.5. The van der Waals surface area contributed by atoms with Crippen molar-refractivity contribution in [2.24, 2.45) is 0 Å². The van der Waals surface area contributed by atoms with Crippen molar-refractivity contribution in [3.63, 3.8) is 0 Å². The van der Waals surface area contributed by atoms with Crippen molar-refractivity contribution in [1.29, 1.82) is 0 Å². The number of fused-ring (bicyclic) bond motifs is 4. The van der Waals surface area contributed by atoms with Crippen molar-refractivity contribution >= 4 is 44.0 Å². The lowest BCUT2D eigenvalue weighted by molar-refractivity contribution is 0.669. The van der Waals surface area contributed by atoms with Gasteiger partial charge in [0.2, 0.25) is 0 Å². The van der Waals surface area contributed by atoms with E-state index in [2.05, 4.69) is 140 Å². The topological polar surface area (TPSA) is 13.1 Å². The molecule has 0 fully saturated rings. The van der Waals surface area contributed by atoms with E-state index in [0.717, 1.165) is 21.9 Å². The molecule has 0 saturated heterocycles. The minimum absolute atomic E-state index is 0.916. The number of furan rings is 1. The number of benzene rings is 6. The summed E-state index contributed by atoms with van der Waals surface area (Å²) in [6, 6.07) is 51.9. The quantitative estimate of drug-likeness (QED) is 0.221. The zero-order valence-electron chi connectivity index (χ0n) is 21.7. The predicted octanol–water partition coefficient (Wildman–Crippen LogP) is 11.5. The third-order valence-corrected chi connectivity index (χ3v) is 9.01. The molecular weight excluding hydrogens is 504 g/mol. The smallest absolute Gasteiger partial charge is 0.136 e. The van der Waals surface area contributed by atoms with Gasteiger partial charge in [0.1, 0.15) is 11.2 Å². The van der Waals surface area contributed by atoms with Crippen LogP contribution in [0.25, 0.3) is 75.8 Å². The number of para-hydroxylation sites is 1. The van der Waals surface area contributed by atoms with E-state index in [4.69, 9.17) is 4.42 Å². The van der Waals surface area contributed by atoms with Crippen molar-refractivity contribution in [2.45, 2.75) is 0 Å². The molecule has 0 atom stereocenters. The van der Waals surface area contributed by atoms with Crippen LogP contribution >= 0.6 is 11.3 Å². The molecule has 0 aliphatic carbocycles. The molecule has 40 heavy (non-hydrogen) atoms. The fourth-order valence-corrected chi connectivity index (χ4v) is 7.20. The van der Waals surface area contributed by atoms with E-state index >= 15 is 0 Å². The standard InChI is InChI=1S/C38H24OS/c1-3-13-25(14-4-1)27-17-7-8-19-29(27)37-30-20-9-10-21-31(30)38(40-37)34-23-33-28-18-11-12-22-35(28)39-36(33)24-32(34)26-15-5-2-6-16-26/h1-24H. The number of hydrogen-bond donors (Lipinski definition) is 0. The van der Waals surface area contributed by atoms with E-state index in [9.17, 15) is 0 Å². The van der Waals surface area contributed by atoms with Crippen LogP contribution in [0.4, 0.5) is 0 Å². The Morgan fingerprint density at radius 3 is 1.57 bits per heavy atom. The lowest BCUT2D eigenvalue weighted by Crippen LogP contribution is -1.84. The van der Waals surface area contributed by atoms with Crippen LogP contribution in [0.5, 0.6) is 0 Å². The van der Waals surface area contributed by atoms with E-state index in [1.807, 2.05) is 17.4 Å². The highest BCUT2D eigenvalue weighted by Crippen LogP contribution is 2.49.